The fraction of sp³-hybridized carbons (Fsp3) is 0.182. The molecule has 1 unspecified atom stereocenters. The van der Waals surface area contributed by atoms with Gasteiger partial charge < -0.3 is 10.1 Å². The number of sulfone groups is 1. The van der Waals surface area contributed by atoms with Crippen LogP contribution < -0.4 is 5.32 Å². The van der Waals surface area contributed by atoms with Crippen LogP contribution in [0.25, 0.3) is 10.8 Å². The smallest absolute Gasteiger partial charge is 0.341 e. The number of benzene rings is 3. The summed E-state index contributed by atoms with van der Waals surface area (Å²) in [5.74, 6) is -4.96. The largest absolute Gasteiger partial charge is 0.452 e. The van der Waals surface area contributed by atoms with E-state index < -0.39 is 39.0 Å². The molecule has 9 heteroatoms. The average Bonchev–Trinajstić information content (AvgIpc) is 2.77. The zero-order chi connectivity index (χ0) is 22.6. The average molecular weight is 447 g/mol. The van der Waals surface area contributed by atoms with Crippen molar-refractivity contribution in [3.63, 3.8) is 0 Å². The van der Waals surface area contributed by atoms with E-state index in [2.05, 4.69) is 5.32 Å². The van der Waals surface area contributed by atoms with Gasteiger partial charge in [-0.1, -0.05) is 36.4 Å². The molecule has 162 valence electrons. The molecule has 0 aromatic heterocycles. The van der Waals surface area contributed by atoms with Crippen molar-refractivity contribution in [2.24, 2.45) is 0 Å². The van der Waals surface area contributed by atoms with Gasteiger partial charge in [0.2, 0.25) is 9.84 Å². The number of hydrogen-bond acceptors (Lipinski definition) is 5. The van der Waals surface area contributed by atoms with Gasteiger partial charge in [0, 0.05) is 0 Å². The third-order valence-corrected chi connectivity index (χ3v) is 6.04. The van der Waals surface area contributed by atoms with Gasteiger partial charge in [-0.15, -0.1) is 0 Å². The van der Waals surface area contributed by atoms with Crippen LogP contribution in [0.5, 0.6) is 0 Å². The zero-order valence-electron chi connectivity index (χ0n) is 16.4. The van der Waals surface area contributed by atoms with Gasteiger partial charge >= 0.3 is 11.7 Å². The van der Waals surface area contributed by atoms with Crippen molar-refractivity contribution in [1.82, 2.24) is 5.32 Å². The fourth-order valence-corrected chi connectivity index (χ4v) is 3.66. The van der Waals surface area contributed by atoms with Gasteiger partial charge in [0.25, 0.3) is 5.91 Å². The Morgan fingerprint density at radius 3 is 2.26 bits per heavy atom. The number of hydrogen-bond donors (Lipinski definition) is 1. The molecule has 0 radical (unpaired) electrons. The van der Waals surface area contributed by atoms with Gasteiger partial charge in [-0.05, 0) is 53.6 Å². The molecule has 0 bridgehead atoms. The van der Waals surface area contributed by atoms with Crippen LogP contribution in [0.15, 0.2) is 71.6 Å². The van der Waals surface area contributed by atoms with Crippen LogP contribution in [0.1, 0.15) is 28.9 Å². The predicted molar refractivity (Wildman–Crippen MR) is 110 cm³/mol. The Bertz CT molecular complexity index is 1210. The van der Waals surface area contributed by atoms with Gasteiger partial charge in [-0.25, -0.2) is 13.2 Å². The van der Waals surface area contributed by atoms with Crippen LogP contribution >= 0.6 is 0 Å². The second kappa shape index (κ2) is 9.22. The summed E-state index contributed by atoms with van der Waals surface area (Å²) >= 11 is 0. The SMILES string of the molecule is CC(NC(=O)COC(=O)c1ccc(S(=O)(=O)C(F)F)cc1)c1ccc2ccccc2c1. The number of carbonyl (C=O) groups excluding carboxylic acids is 2. The van der Waals surface area contributed by atoms with E-state index >= 15 is 0 Å². The van der Waals surface area contributed by atoms with Crippen molar-refractivity contribution >= 4 is 32.5 Å². The Morgan fingerprint density at radius 1 is 0.968 bits per heavy atom. The molecule has 0 aliphatic heterocycles. The molecule has 1 amide bonds. The van der Waals surface area contributed by atoms with Crippen LogP contribution in [0.4, 0.5) is 8.78 Å². The number of ether oxygens (including phenoxy) is 1. The maximum Gasteiger partial charge on any atom is 0.341 e. The molecule has 0 spiro atoms. The number of amides is 1. The second-order valence-corrected chi connectivity index (χ2v) is 8.72. The summed E-state index contributed by atoms with van der Waals surface area (Å²) in [7, 11) is -4.75. The molecule has 0 saturated heterocycles. The zero-order valence-corrected chi connectivity index (χ0v) is 17.2. The molecule has 31 heavy (non-hydrogen) atoms. The molecule has 0 heterocycles. The van der Waals surface area contributed by atoms with E-state index in [0.29, 0.717) is 0 Å². The summed E-state index contributed by atoms with van der Waals surface area (Å²) in [5.41, 5.74) is 0.817. The van der Waals surface area contributed by atoms with Gasteiger partial charge in [0.05, 0.1) is 16.5 Å². The highest BCUT2D eigenvalue weighted by Crippen LogP contribution is 2.21. The van der Waals surface area contributed by atoms with Crippen LogP contribution in [0.2, 0.25) is 0 Å². The molecular formula is C22H19F2NO5S. The van der Waals surface area contributed by atoms with Crippen molar-refractivity contribution in [3.05, 3.63) is 77.9 Å². The van der Waals surface area contributed by atoms with Crippen molar-refractivity contribution in [2.45, 2.75) is 23.6 Å². The molecule has 3 aromatic rings. The van der Waals surface area contributed by atoms with Gasteiger partial charge in [-0.3, -0.25) is 4.79 Å². The van der Waals surface area contributed by atoms with E-state index in [1.807, 2.05) is 42.5 Å². The van der Waals surface area contributed by atoms with Gasteiger partial charge in [0.1, 0.15) is 0 Å². The standard InChI is InChI=1S/C22H19F2NO5S/c1-14(17-7-6-15-4-2-3-5-18(15)12-17)25-20(26)13-30-21(27)16-8-10-19(11-9-16)31(28,29)22(23)24/h2-12,14,22H,13H2,1H3,(H,25,26). The highest BCUT2D eigenvalue weighted by atomic mass is 32.2. The molecule has 0 fully saturated rings. The summed E-state index contributed by atoms with van der Waals surface area (Å²) < 4.78 is 52.8. The molecule has 0 saturated carbocycles. The lowest BCUT2D eigenvalue weighted by Crippen LogP contribution is -2.31. The van der Waals surface area contributed by atoms with Crippen molar-refractivity contribution < 1.29 is 31.5 Å². The number of alkyl halides is 2. The first-order valence-corrected chi connectivity index (χ1v) is 10.8. The first kappa shape index (κ1) is 22.4. The molecule has 6 nitrogen and oxygen atoms in total. The van der Waals surface area contributed by atoms with E-state index in [4.69, 9.17) is 4.74 Å². The summed E-state index contributed by atoms with van der Waals surface area (Å²) in [5, 5.41) is 4.84. The van der Waals surface area contributed by atoms with Crippen molar-refractivity contribution in [3.8, 4) is 0 Å². The monoisotopic (exact) mass is 447 g/mol. The Balaban J connectivity index is 1.56. The third-order valence-electron chi connectivity index (χ3n) is 4.64. The first-order chi connectivity index (χ1) is 14.7. The van der Waals surface area contributed by atoms with E-state index in [0.717, 1.165) is 40.6 Å². The number of carbonyl (C=O) groups is 2. The lowest BCUT2D eigenvalue weighted by molar-refractivity contribution is -0.124. The predicted octanol–water partition coefficient (Wildman–Crippen LogP) is 3.87. The molecular weight excluding hydrogens is 428 g/mol. The lowest BCUT2D eigenvalue weighted by atomic mass is 10.0. The van der Waals surface area contributed by atoms with Gasteiger partial charge in [0.15, 0.2) is 6.61 Å². The quantitative estimate of drug-likeness (QED) is 0.556. The minimum Gasteiger partial charge on any atom is -0.452 e. The Kier molecular flexibility index (Phi) is 6.65. The molecule has 3 rings (SSSR count). The maximum absolute atomic E-state index is 12.5. The summed E-state index contributed by atoms with van der Waals surface area (Å²) in [6.45, 7) is 1.25. The van der Waals surface area contributed by atoms with Crippen LogP contribution in [0, 0.1) is 0 Å². The van der Waals surface area contributed by atoms with E-state index in [1.54, 1.807) is 6.92 Å². The van der Waals surface area contributed by atoms with Crippen molar-refractivity contribution in [1.29, 1.82) is 0 Å². The van der Waals surface area contributed by atoms with Crippen molar-refractivity contribution in [2.75, 3.05) is 6.61 Å². The Hall–Kier alpha value is -3.33. The molecule has 1 N–H and O–H groups in total. The van der Waals surface area contributed by atoms with Crippen LogP contribution in [0.3, 0.4) is 0 Å². The minimum absolute atomic E-state index is 0.0661. The Morgan fingerprint density at radius 2 is 1.61 bits per heavy atom. The normalized spacial score (nSPS) is 12.5. The molecule has 0 aliphatic rings. The van der Waals surface area contributed by atoms with E-state index in [-0.39, 0.29) is 11.6 Å². The lowest BCUT2D eigenvalue weighted by Gasteiger charge is -2.15. The summed E-state index contributed by atoms with van der Waals surface area (Å²) in [4.78, 5) is 23.6. The van der Waals surface area contributed by atoms with Gasteiger partial charge in [-0.2, -0.15) is 8.78 Å². The topological polar surface area (TPSA) is 89.5 Å². The first-order valence-electron chi connectivity index (χ1n) is 9.26. The molecule has 0 aliphatic carbocycles. The molecule has 1 atom stereocenters. The second-order valence-electron chi connectivity index (χ2n) is 6.80. The number of fused-ring (bicyclic) bond motifs is 1. The number of esters is 1. The minimum atomic E-state index is -4.75. The van der Waals surface area contributed by atoms with E-state index in [1.165, 1.54) is 0 Å². The summed E-state index contributed by atoms with van der Waals surface area (Å²) in [6, 6.07) is 17.2. The maximum atomic E-state index is 12.5. The van der Waals surface area contributed by atoms with Crippen LogP contribution in [-0.2, 0) is 19.4 Å². The van der Waals surface area contributed by atoms with E-state index in [9.17, 15) is 26.8 Å². The fourth-order valence-electron chi connectivity index (χ4n) is 2.94. The third kappa shape index (κ3) is 5.24. The number of nitrogens with one attached hydrogen (secondary N) is 1. The number of halogens is 2. The highest BCUT2D eigenvalue weighted by Gasteiger charge is 2.26. The Labute approximate surface area is 177 Å². The van der Waals surface area contributed by atoms with Crippen LogP contribution in [-0.4, -0.2) is 32.7 Å². The summed E-state index contributed by atoms with van der Waals surface area (Å²) in [6.07, 6.45) is 0. The number of rotatable bonds is 7. The highest BCUT2D eigenvalue weighted by molar-refractivity contribution is 7.91. The molecule has 3 aromatic carbocycles.